The third kappa shape index (κ3) is 4.13. The van der Waals surface area contributed by atoms with Gasteiger partial charge in [-0.05, 0) is 49.4 Å². The molecule has 1 nitrogen and oxygen atoms in total. The van der Waals surface area contributed by atoms with Crippen molar-refractivity contribution in [2.45, 2.75) is 46.0 Å². The highest BCUT2D eigenvalue weighted by atomic mass is 19.1. The highest BCUT2D eigenvalue weighted by molar-refractivity contribution is 5.78. The number of carbonyl (C=O) groups excluding carboxylic acids is 1. The summed E-state index contributed by atoms with van der Waals surface area (Å²) in [6.45, 7) is 3.92. The number of hydrogen-bond acceptors (Lipinski definition) is 1. The van der Waals surface area contributed by atoms with Gasteiger partial charge in [-0.3, -0.25) is 4.79 Å². The molecule has 1 aromatic rings. The number of halogens is 1. The van der Waals surface area contributed by atoms with Crippen molar-refractivity contribution < 1.29 is 9.18 Å². The number of carbonyl (C=O) groups is 1. The topological polar surface area (TPSA) is 17.1 Å². The van der Waals surface area contributed by atoms with Gasteiger partial charge in [-0.2, -0.15) is 0 Å². The Morgan fingerprint density at radius 2 is 2.06 bits per heavy atom. The lowest BCUT2D eigenvalue weighted by Crippen LogP contribution is -1.99. The van der Waals surface area contributed by atoms with Crippen molar-refractivity contribution in [2.24, 2.45) is 0 Å². The van der Waals surface area contributed by atoms with Crippen molar-refractivity contribution in [3.05, 3.63) is 35.1 Å². The van der Waals surface area contributed by atoms with Crippen LogP contribution in [0.3, 0.4) is 0 Å². The van der Waals surface area contributed by atoms with Crippen LogP contribution >= 0.6 is 0 Å². The van der Waals surface area contributed by atoms with Gasteiger partial charge < -0.3 is 0 Å². The van der Waals surface area contributed by atoms with Crippen molar-refractivity contribution >= 4 is 5.78 Å². The Balaban J connectivity index is 2.40. The van der Waals surface area contributed by atoms with Crippen LogP contribution < -0.4 is 0 Å². The summed E-state index contributed by atoms with van der Waals surface area (Å²) in [6, 6.07) is 4.84. The van der Waals surface area contributed by atoms with E-state index < -0.39 is 0 Å². The predicted octanol–water partition coefficient (Wildman–Crippen LogP) is 3.83. The van der Waals surface area contributed by atoms with Gasteiger partial charge in [0.2, 0.25) is 0 Å². The van der Waals surface area contributed by atoms with Crippen molar-refractivity contribution in [1.29, 1.82) is 0 Å². The predicted molar refractivity (Wildman–Crippen MR) is 64.0 cm³/mol. The molecule has 0 unspecified atom stereocenters. The van der Waals surface area contributed by atoms with Gasteiger partial charge in [0, 0.05) is 12.8 Å². The van der Waals surface area contributed by atoms with Gasteiger partial charge >= 0.3 is 0 Å². The molecule has 1 rings (SSSR count). The molecule has 0 saturated heterocycles. The van der Waals surface area contributed by atoms with Gasteiger partial charge in [0.05, 0.1) is 0 Å². The largest absolute Gasteiger partial charge is 0.300 e. The molecule has 0 atom stereocenters. The molecule has 0 aliphatic carbocycles. The number of hydrogen-bond donors (Lipinski definition) is 0. The van der Waals surface area contributed by atoms with Crippen molar-refractivity contribution in [3.8, 4) is 0 Å². The monoisotopic (exact) mass is 222 g/mol. The van der Waals surface area contributed by atoms with E-state index in [0.29, 0.717) is 18.6 Å². The summed E-state index contributed by atoms with van der Waals surface area (Å²) in [7, 11) is 0. The summed E-state index contributed by atoms with van der Waals surface area (Å²) in [5.41, 5.74) is 2.12. The zero-order valence-electron chi connectivity index (χ0n) is 10.1. The van der Waals surface area contributed by atoms with E-state index >= 15 is 0 Å². The molecule has 0 aliphatic rings. The summed E-state index contributed by atoms with van der Waals surface area (Å²) in [6.07, 6.45) is 3.98. The van der Waals surface area contributed by atoms with Crippen LogP contribution in [-0.4, -0.2) is 5.78 Å². The van der Waals surface area contributed by atoms with Crippen LogP contribution in [0.1, 0.15) is 43.7 Å². The molecule has 88 valence electrons. The maximum Gasteiger partial charge on any atom is 0.132 e. The van der Waals surface area contributed by atoms with Crippen LogP contribution in [0.5, 0.6) is 0 Å². The highest BCUT2D eigenvalue weighted by Crippen LogP contribution is 2.13. The summed E-state index contributed by atoms with van der Waals surface area (Å²) in [5, 5.41) is 0. The summed E-state index contributed by atoms with van der Waals surface area (Å²) in [4.78, 5) is 11.3. The number of ketones is 1. The van der Waals surface area contributed by atoms with E-state index in [0.717, 1.165) is 30.4 Å². The van der Waals surface area contributed by atoms with Gasteiger partial charge in [-0.25, -0.2) is 4.39 Å². The second-order valence-corrected chi connectivity index (χ2v) is 4.21. The molecule has 2 heteroatoms. The molecular formula is C14H19FO. The SMILES string of the molecule is CCCC(=O)CCCc1ccc(F)cc1C. The first-order valence-corrected chi connectivity index (χ1v) is 5.90. The first kappa shape index (κ1) is 12.9. The van der Waals surface area contributed by atoms with Crippen LogP contribution in [-0.2, 0) is 11.2 Å². The van der Waals surface area contributed by atoms with Crippen LogP contribution in [0, 0.1) is 12.7 Å². The molecule has 0 amide bonds. The third-order valence-electron chi connectivity index (χ3n) is 2.74. The molecule has 0 bridgehead atoms. The smallest absolute Gasteiger partial charge is 0.132 e. The van der Waals surface area contributed by atoms with Crippen molar-refractivity contribution in [3.63, 3.8) is 0 Å². The third-order valence-corrected chi connectivity index (χ3v) is 2.74. The van der Waals surface area contributed by atoms with Crippen LogP contribution in [0.4, 0.5) is 4.39 Å². The molecule has 0 spiro atoms. The van der Waals surface area contributed by atoms with E-state index in [4.69, 9.17) is 0 Å². The molecule has 0 radical (unpaired) electrons. The molecular weight excluding hydrogens is 203 g/mol. The minimum atomic E-state index is -0.191. The molecule has 0 N–H and O–H groups in total. The summed E-state index contributed by atoms with van der Waals surface area (Å²) < 4.78 is 12.8. The second kappa shape index (κ2) is 6.41. The molecule has 0 aromatic heterocycles. The first-order chi connectivity index (χ1) is 7.63. The average molecular weight is 222 g/mol. The van der Waals surface area contributed by atoms with Gasteiger partial charge in [0.1, 0.15) is 11.6 Å². The quantitative estimate of drug-likeness (QED) is 0.715. The van der Waals surface area contributed by atoms with E-state index in [9.17, 15) is 9.18 Å². The van der Waals surface area contributed by atoms with E-state index in [1.165, 1.54) is 6.07 Å². The Kier molecular flexibility index (Phi) is 5.17. The number of Topliss-reactive ketones (excluding diaryl/α,β-unsaturated/α-hetero) is 1. The number of rotatable bonds is 6. The van der Waals surface area contributed by atoms with Crippen LogP contribution in [0.15, 0.2) is 18.2 Å². The lowest BCUT2D eigenvalue weighted by Gasteiger charge is -2.05. The molecule has 0 aliphatic heterocycles. The van der Waals surface area contributed by atoms with E-state index in [-0.39, 0.29) is 5.82 Å². The first-order valence-electron chi connectivity index (χ1n) is 5.90. The second-order valence-electron chi connectivity index (χ2n) is 4.21. The van der Waals surface area contributed by atoms with Crippen molar-refractivity contribution in [2.75, 3.05) is 0 Å². The lowest BCUT2D eigenvalue weighted by molar-refractivity contribution is -0.119. The number of aryl methyl sites for hydroxylation is 2. The normalized spacial score (nSPS) is 10.4. The fourth-order valence-electron chi connectivity index (χ4n) is 1.82. The summed E-state index contributed by atoms with van der Waals surface area (Å²) in [5.74, 6) is 0.144. The van der Waals surface area contributed by atoms with E-state index in [1.54, 1.807) is 6.07 Å². The minimum absolute atomic E-state index is 0.191. The zero-order chi connectivity index (χ0) is 12.0. The fourth-order valence-corrected chi connectivity index (χ4v) is 1.82. The Labute approximate surface area is 96.7 Å². The molecule has 0 heterocycles. The number of benzene rings is 1. The Morgan fingerprint density at radius 1 is 1.31 bits per heavy atom. The van der Waals surface area contributed by atoms with Crippen molar-refractivity contribution in [1.82, 2.24) is 0 Å². The minimum Gasteiger partial charge on any atom is -0.300 e. The Morgan fingerprint density at radius 3 is 2.69 bits per heavy atom. The molecule has 0 fully saturated rings. The van der Waals surface area contributed by atoms with E-state index in [1.807, 2.05) is 19.9 Å². The average Bonchev–Trinajstić information content (AvgIpc) is 2.22. The maximum atomic E-state index is 12.8. The fraction of sp³-hybridized carbons (Fsp3) is 0.500. The molecule has 16 heavy (non-hydrogen) atoms. The molecule has 0 saturated carbocycles. The lowest BCUT2D eigenvalue weighted by atomic mass is 10.0. The van der Waals surface area contributed by atoms with Gasteiger partial charge in [-0.15, -0.1) is 0 Å². The zero-order valence-corrected chi connectivity index (χ0v) is 10.1. The Hall–Kier alpha value is -1.18. The van der Waals surface area contributed by atoms with E-state index in [2.05, 4.69) is 0 Å². The maximum absolute atomic E-state index is 12.8. The highest BCUT2D eigenvalue weighted by Gasteiger charge is 2.03. The van der Waals surface area contributed by atoms with Gasteiger partial charge in [0.15, 0.2) is 0 Å². The molecule has 1 aromatic carbocycles. The van der Waals surface area contributed by atoms with Crippen LogP contribution in [0.2, 0.25) is 0 Å². The summed E-state index contributed by atoms with van der Waals surface area (Å²) >= 11 is 0. The van der Waals surface area contributed by atoms with Gasteiger partial charge in [0.25, 0.3) is 0 Å². The Bertz CT molecular complexity index is 358. The standard InChI is InChI=1S/C14H19FO/c1-3-5-14(16)7-4-6-12-8-9-13(15)10-11(12)2/h8-10H,3-7H2,1-2H3. The van der Waals surface area contributed by atoms with Gasteiger partial charge in [-0.1, -0.05) is 13.0 Å². The van der Waals surface area contributed by atoms with Crippen LogP contribution in [0.25, 0.3) is 0 Å².